The molecule has 38 heavy (non-hydrogen) atoms. The molecular weight excluding hydrogens is 525 g/mol. The van der Waals surface area contributed by atoms with Crippen molar-refractivity contribution in [2.75, 3.05) is 24.4 Å². The van der Waals surface area contributed by atoms with Crippen LogP contribution in [0.25, 0.3) is 11.4 Å². The Morgan fingerprint density at radius 2 is 1.87 bits per heavy atom. The number of anilines is 2. The normalized spacial score (nSPS) is 14.5. The molecule has 1 amide bonds. The lowest BCUT2D eigenvalue weighted by Crippen LogP contribution is -2.31. The average Bonchev–Trinajstić information content (AvgIpc) is 3.32. The molecule has 1 aromatic heterocycles. The Morgan fingerprint density at radius 1 is 1.11 bits per heavy atom. The third kappa shape index (κ3) is 4.92. The summed E-state index contributed by atoms with van der Waals surface area (Å²) in [5, 5.41) is 12.0. The Bertz CT molecular complexity index is 1530. The van der Waals surface area contributed by atoms with E-state index in [1.165, 1.54) is 0 Å². The van der Waals surface area contributed by atoms with Gasteiger partial charge in [0.05, 0.1) is 30.0 Å². The van der Waals surface area contributed by atoms with Crippen molar-refractivity contribution in [1.29, 1.82) is 0 Å². The maximum absolute atomic E-state index is 13.8. The highest BCUT2D eigenvalue weighted by molar-refractivity contribution is 6.36. The van der Waals surface area contributed by atoms with Gasteiger partial charge in [-0.2, -0.15) is 4.98 Å². The van der Waals surface area contributed by atoms with E-state index in [1.54, 1.807) is 42.1 Å². The number of hydrogen-bond donors (Lipinski definition) is 2. The van der Waals surface area contributed by atoms with Gasteiger partial charge in [-0.15, -0.1) is 5.10 Å². The van der Waals surface area contributed by atoms with E-state index in [0.29, 0.717) is 56.7 Å². The van der Waals surface area contributed by atoms with Crippen LogP contribution in [-0.2, 0) is 4.79 Å². The summed E-state index contributed by atoms with van der Waals surface area (Å²) in [5.74, 6) is 1.88. The van der Waals surface area contributed by atoms with Crippen LogP contribution in [0.5, 0.6) is 11.5 Å². The number of aromatic nitrogens is 3. The second-order valence-corrected chi connectivity index (χ2v) is 9.39. The van der Waals surface area contributed by atoms with Crippen molar-refractivity contribution >= 4 is 40.7 Å². The van der Waals surface area contributed by atoms with Crippen LogP contribution >= 0.6 is 23.2 Å². The number of carbonyl (C=O) groups excluding carboxylic acids is 1. The van der Waals surface area contributed by atoms with E-state index in [2.05, 4.69) is 10.6 Å². The van der Waals surface area contributed by atoms with Crippen molar-refractivity contribution in [2.24, 2.45) is 0 Å². The number of halogens is 2. The molecule has 0 spiro atoms. The number of rotatable bonds is 7. The zero-order valence-corrected chi connectivity index (χ0v) is 22.5. The van der Waals surface area contributed by atoms with Crippen molar-refractivity contribution in [3.63, 3.8) is 0 Å². The fourth-order valence-corrected chi connectivity index (χ4v) is 4.88. The van der Waals surface area contributed by atoms with Crippen LogP contribution < -0.4 is 20.1 Å². The number of ether oxygens (including phenoxy) is 2. The first-order chi connectivity index (χ1) is 18.4. The number of nitrogens with zero attached hydrogens (tertiary/aromatic N) is 3. The molecule has 10 heteroatoms. The zero-order valence-electron chi connectivity index (χ0n) is 21.0. The van der Waals surface area contributed by atoms with E-state index < -0.39 is 6.04 Å². The Balaban J connectivity index is 1.60. The Labute approximate surface area is 230 Å². The molecule has 2 N–H and O–H groups in total. The zero-order chi connectivity index (χ0) is 26.8. The number of nitrogens with one attached hydrogen (secondary N) is 2. The summed E-state index contributed by atoms with van der Waals surface area (Å²) >= 11 is 12.6. The van der Waals surface area contributed by atoms with Gasteiger partial charge in [-0.05, 0) is 61.9 Å². The summed E-state index contributed by atoms with van der Waals surface area (Å²) in [4.78, 5) is 18.5. The van der Waals surface area contributed by atoms with Gasteiger partial charge in [-0.3, -0.25) is 4.79 Å². The summed E-state index contributed by atoms with van der Waals surface area (Å²) in [6, 6.07) is 19.4. The van der Waals surface area contributed by atoms with Crippen LogP contribution in [-0.4, -0.2) is 34.4 Å². The molecule has 1 atom stereocenters. The number of carbonyl (C=O) groups is 1. The first-order valence-electron chi connectivity index (χ1n) is 12.0. The monoisotopic (exact) mass is 549 g/mol. The lowest BCUT2D eigenvalue weighted by atomic mass is 9.95. The summed E-state index contributed by atoms with van der Waals surface area (Å²) in [5.41, 5.74) is 3.14. The van der Waals surface area contributed by atoms with E-state index in [1.807, 2.05) is 50.2 Å². The summed E-state index contributed by atoms with van der Waals surface area (Å²) in [7, 11) is 1.56. The molecule has 3 aromatic carbocycles. The van der Waals surface area contributed by atoms with Gasteiger partial charge in [0, 0.05) is 16.3 Å². The number of methoxy groups -OCH3 is 1. The van der Waals surface area contributed by atoms with Crippen LogP contribution in [0.1, 0.15) is 25.5 Å². The number of hydrogen-bond acceptors (Lipinski definition) is 6. The lowest BCUT2D eigenvalue weighted by Gasteiger charge is -2.29. The first-order valence-corrected chi connectivity index (χ1v) is 12.7. The van der Waals surface area contributed by atoms with Crippen LogP contribution in [0.4, 0.5) is 11.6 Å². The predicted molar refractivity (Wildman–Crippen MR) is 149 cm³/mol. The van der Waals surface area contributed by atoms with E-state index >= 15 is 0 Å². The third-order valence-electron chi connectivity index (χ3n) is 6.13. The van der Waals surface area contributed by atoms with Crippen molar-refractivity contribution in [1.82, 2.24) is 14.8 Å². The second-order valence-electron chi connectivity index (χ2n) is 8.55. The van der Waals surface area contributed by atoms with Gasteiger partial charge in [-0.25, -0.2) is 4.68 Å². The lowest BCUT2D eigenvalue weighted by molar-refractivity contribution is -0.113. The first kappa shape index (κ1) is 25.6. The molecule has 0 fully saturated rings. The van der Waals surface area contributed by atoms with Gasteiger partial charge >= 0.3 is 0 Å². The minimum atomic E-state index is -0.580. The van der Waals surface area contributed by atoms with Crippen LogP contribution in [0.15, 0.2) is 78.0 Å². The van der Waals surface area contributed by atoms with E-state index in [0.717, 1.165) is 11.3 Å². The summed E-state index contributed by atoms with van der Waals surface area (Å²) in [6.45, 7) is 4.32. The number of benzene rings is 3. The highest BCUT2D eigenvalue weighted by Crippen LogP contribution is 2.39. The number of amides is 1. The number of para-hydroxylation sites is 2. The molecule has 2 heterocycles. The standard InChI is InChI=1S/C28H25Cl2N5O3/c1-4-38-19-12-9-17(10-13-19)25-24(27(36)32-22-7-5-6-8-23(22)37-3)16(2)31-28-33-26(34-35(25)28)20-14-11-18(29)15-21(20)30/h5-15,25H,4H2,1-3H3,(H,32,36)(H,31,33,34). The molecule has 0 saturated heterocycles. The van der Waals surface area contributed by atoms with Crippen molar-refractivity contribution in [3.8, 4) is 22.9 Å². The summed E-state index contributed by atoms with van der Waals surface area (Å²) in [6.07, 6.45) is 0. The molecule has 8 nitrogen and oxygen atoms in total. The molecule has 0 aliphatic carbocycles. The van der Waals surface area contributed by atoms with Crippen molar-refractivity contribution in [3.05, 3.63) is 93.6 Å². The minimum Gasteiger partial charge on any atom is -0.495 e. The smallest absolute Gasteiger partial charge is 0.255 e. The second kappa shape index (κ2) is 10.8. The molecule has 1 unspecified atom stereocenters. The van der Waals surface area contributed by atoms with Crippen molar-refractivity contribution in [2.45, 2.75) is 19.9 Å². The van der Waals surface area contributed by atoms with E-state index in [4.69, 9.17) is 42.8 Å². The van der Waals surface area contributed by atoms with Crippen molar-refractivity contribution < 1.29 is 14.3 Å². The Kier molecular flexibility index (Phi) is 7.26. The fourth-order valence-electron chi connectivity index (χ4n) is 4.39. The predicted octanol–water partition coefficient (Wildman–Crippen LogP) is 6.59. The van der Waals surface area contributed by atoms with Crippen LogP contribution in [0, 0.1) is 0 Å². The Morgan fingerprint density at radius 3 is 2.58 bits per heavy atom. The van der Waals surface area contributed by atoms with E-state index in [9.17, 15) is 4.79 Å². The molecule has 0 saturated carbocycles. The minimum absolute atomic E-state index is 0.300. The molecule has 0 radical (unpaired) electrons. The topological polar surface area (TPSA) is 90.3 Å². The van der Waals surface area contributed by atoms with Crippen LogP contribution in [0.3, 0.4) is 0 Å². The maximum atomic E-state index is 13.8. The SMILES string of the molecule is CCOc1ccc(C2C(C(=O)Nc3ccccc3OC)=C(C)Nc3nc(-c4ccc(Cl)cc4Cl)nn32)cc1. The summed E-state index contributed by atoms with van der Waals surface area (Å²) < 4.78 is 12.7. The fraction of sp³-hybridized carbons (Fsp3) is 0.179. The van der Waals surface area contributed by atoms with Gasteiger partial charge in [0.25, 0.3) is 5.91 Å². The van der Waals surface area contributed by atoms with Gasteiger partial charge in [0.2, 0.25) is 5.95 Å². The highest BCUT2D eigenvalue weighted by Gasteiger charge is 2.35. The molecule has 1 aliphatic heterocycles. The van der Waals surface area contributed by atoms with Crippen LogP contribution in [0.2, 0.25) is 10.0 Å². The molecule has 1 aliphatic rings. The quantitative estimate of drug-likeness (QED) is 0.270. The number of allylic oxidation sites excluding steroid dienone is 1. The third-order valence-corrected chi connectivity index (χ3v) is 6.68. The molecule has 194 valence electrons. The molecule has 4 aromatic rings. The van der Waals surface area contributed by atoms with Gasteiger partial charge in [-0.1, -0.05) is 47.5 Å². The highest BCUT2D eigenvalue weighted by atomic mass is 35.5. The number of fused-ring (bicyclic) bond motifs is 1. The van der Waals surface area contributed by atoms with E-state index in [-0.39, 0.29) is 5.91 Å². The van der Waals surface area contributed by atoms with Gasteiger partial charge in [0.1, 0.15) is 17.5 Å². The Hall–Kier alpha value is -4.01. The molecule has 0 bridgehead atoms. The van der Waals surface area contributed by atoms with Gasteiger partial charge < -0.3 is 20.1 Å². The maximum Gasteiger partial charge on any atom is 0.255 e. The molecule has 5 rings (SSSR count). The average molecular weight is 550 g/mol. The molecular formula is C28H25Cl2N5O3. The van der Waals surface area contributed by atoms with Gasteiger partial charge in [0.15, 0.2) is 5.82 Å². The largest absolute Gasteiger partial charge is 0.495 e.